The molecule has 26 nitrogen and oxygen atoms in total. The molecule has 2 amide bonds. The number of ether oxygens (including phenoxy) is 10. The lowest BCUT2D eigenvalue weighted by Gasteiger charge is -2.59. The number of nitrogens with zero attached hydrogens (tertiary/aromatic N) is 3. The molecule has 5 aliphatic rings. The minimum Gasteiger partial charge on any atom is -0.467 e. The standard InChI is InChI=1S/C61H83Cl6N5O21Si2/c1-32(73)26-27-37(74)86-42-39(71-55(79)61(65,66)67)52(85-36-31-83-94(56(2,3)4,57(5,6)7)92-40(36)42)90-44-45(87-48(75)33-22-17-15-18-23-33)47(88-49(76)34-24-19-16-20-25-34)53(91-46(44)50(77)80-14)89-43-38(70-54(78)60(62,63)64)51(81-29-21-28-69-72-68)84-35-30-82-95(58(8,9)10,59(11,12)13)93-41(35)43/h15-20,22-25,35-36,38-47,51-53H,21,26-31H2,1-14H3,(H,70,78)(H,71,79)/t35-,36-,38-,39-,40-,41-,42-,43-,44+,45+,46+,47-,51-,52+,53-/m1/s1. The molecule has 5 aliphatic heterocycles. The Labute approximate surface area is 583 Å². The van der Waals surface area contributed by atoms with Gasteiger partial charge in [-0.25, -0.2) is 14.4 Å². The summed E-state index contributed by atoms with van der Waals surface area (Å²) < 4.78 is 88.1. The van der Waals surface area contributed by atoms with Gasteiger partial charge >= 0.3 is 41.0 Å². The number of carbonyl (C=O) groups excluding carboxylic acids is 7. The van der Waals surface area contributed by atoms with E-state index in [0.29, 0.717) is 0 Å². The van der Waals surface area contributed by atoms with Crippen molar-refractivity contribution in [3.05, 3.63) is 82.2 Å². The molecule has 528 valence electrons. The molecular formula is C61H83Cl6N5O21Si2. The second kappa shape index (κ2) is 31.3. The highest BCUT2D eigenvalue weighted by molar-refractivity contribution is 6.77. The van der Waals surface area contributed by atoms with Crippen LogP contribution in [-0.2, 0) is 89.0 Å². The van der Waals surface area contributed by atoms with Gasteiger partial charge in [-0.3, -0.25) is 14.4 Å². The third-order valence-electron chi connectivity index (χ3n) is 16.6. The number of rotatable bonds is 20. The number of azide groups is 1. The zero-order valence-corrected chi connectivity index (χ0v) is 61.6. The third kappa shape index (κ3) is 18.1. The number of Topliss-reactive ketones (excluding diaryl/α,β-unsaturated/α-hetero) is 1. The molecule has 15 atom stereocenters. The van der Waals surface area contributed by atoms with Crippen LogP contribution in [0.2, 0.25) is 20.2 Å². The summed E-state index contributed by atoms with van der Waals surface area (Å²) in [5, 5.41) is 5.99. The fraction of sp³-hybridized carbons (Fsp3) is 0.689. The van der Waals surface area contributed by atoms with Crippen molar-refractivity contribution in [2.24, 2.45) is 5.11 Å². The van der Waals surface area contributed by atoms with E-state index in [-0.39, 0.29) is 56.1 Å². The number of hydrogen-bond donors (Lipinski definition) is 2. The van der Waals surface area contributed by atoms with E-state index in [4.69, 9.17) is 140 Å². The number of esters is 4. The van der Waals surface area contributed by atoms with Gasteiger partial charge in [0.05, 0.1) is 37.9 Å². The Morgan fingerprint density at radius 1 is 0.579 bits per heavy atom. The quantitative estimate of drug-likeness (QED) is 0.0182. The van der Waals surface area contributed by atoms with Gasteiger partial charge in [-0.05, 0) is 43.1 Å². The van der Waals surface area contributed by atoms with Gasteiger partial charge in [0.15, 0.2) is 43.3 Å². The molecule has 0 bridgehead atoms. The van der Waals surface area contributed by atoms with Crippen LogP contribution in [0.5, 0.6) is 0 Å². The maximum atomic E-state index is 15.0. The van der Waals surface area contributed by atoms with Crippen LogP contribution < -0.4 is 10.6 Å². The van der Waals surface area contributed by atoms with Crippen LogP contribution in [-0.4, -0.2) is 192 Å². The molecule has 5 fully saturated rings. The van der Waals surface area contributed by atoms with Gasteiger partial charge in [0.1, 0.15) is 54.5 Å². The van der Waals surface area contributed by atoms with Gasteiger partial charge in [-0.1, -0.05) is 194 Å². The van der Waals surface area contributed by atoms with Gasteiger partial charge in [-0.15, -0.1) is 0 Å². The van der Waals surface area contributed by atoms with Crippen LogP contribution in [0.4, 0.5) is 0 Å². The van der Waals surface area contributed by atoms with Crippen molar-refractivity contribution in [3.63, 3.8) is 0 Å². The molecule has 0 aliphatic carbocycles. The smallest absolute Gasteiger partial charge is 0.349 e. The van der Waals surface area contributed by atoms with Crippen LogP contribution in [0, 0.1) is 0 Å². The van der Waals surface area contributed by atoms with E-state index in [1.54, 1.807) is 24.3 Å². The number of methoxy groups -OCH3 is 1. The normalized spacial score (nSPS) is 29.4. The molecule has 0 unspecified atom stereocenters. The molecule has 0 spiro atoms. The zero-order chi connectivity index (χ0) is 70.6. The number of carbonyl (C=O) groups is 7. The number of amides is 2. The van der Waals surface area contributed by atoms with Crippen LogP contribution in [0.3, 0.4) is 0 Å². The number of alkyl halides is 6. The first-order valence-corrected chi connectivity index (χ1v) is 36.6. The van der Waals surface area contributed by atoms with Crippen molar-refractivity contribution < 1.29 is 98.6 Å². The lowest BCUT2D eigenvalue weighted by molar-refractivity contribution is -0.362. The summed E-state index contributed by atoms with van der Waals surface area (Å²) in [6, 6.07) is 11.6. The molecule has 2 aromatic rings. The van der Waals surface area contributed by atoms with E-state index in [9.17, 15) is 33.6 Å². The highest BCUT2D eigenvalue weighted by Gasteiger charge is 2.69. The fourth-order valence-corrected chi connectivity index (χ4v) is 23.0. The summed E-state index contributed by atoms with van der Waals surface area (Å²) in [7, 11) is -6.25. The van der Waals surface area contributed by atoms with E-state index in [2.05, 4.69) is 20.7 Å². The summed E-state index contributed by atoms with van der Waals surface area (Å²) in [5.41, 5.74) is 8.93. The van der Waals surface area contributed by atoms with Gasteiger partial charge < -0.3 is 80.5 Å². The van der Waals surface area contributed by atoms with Gasteiger partial charge in [0, 0.05) is 44.6 Å². The first-order chi connectivity index (χ1) is 44.1. The van der Waals surface area contributed by atoms with Crippen molar-refractivity contribution in [1.82, 2.24) is 10.6 Å². The molecule has 95 heavy (non-hydrogen) atoms. The highest BCUT2D eigenvalue weighted by Crippen LogP contribution is 2.57. The second-order valence-corrected chi connectivity index (χ2v) is 41.6. The zero-order valence-electron chi connectivity index (χ0n) is 55.1. The summed E-state index contributed by atoms with van der Waals surface area (Å²) in [4.78, 5) is 103. The molecule has 34 heteroatoms. The average Bonchev–Trinajstić information content (AvgIpc) is 0.731. The Hall–Kier alpha value is -3.99. The van der Waals surface area contributed by atoms with Crippen LogP contribution >= 0.6 is 69.6 Å². The lowest BCUT2D eigenvalue weighted by atomic mass is 9.93. The number of benzene rings is 2. The van der Waals surface area contributed by atoms with E-state index in [1.807, 2.05) is 83.1 Å². The largest absolute Gasteiger partial charge is 0.467 e. The summed E-state index contributed by atoms with van der Waals surface area (Å²) >= 11 is 37.7. The number of halogens is 6. The molecule has 5 heterocycles. The fourth-order valence-electron chi connectivity index (χ4n) is 12.7. The monoisotopic (exact) mass is 1490 g/mol. The molecule has 0 saturated carbocycles. The van der Waals surface area contributed by atoms with Crippen molar-refractivity contribution in [2.45, 2.75) is 229 Å². The third-order valence-corrected chi connectivity index (χ3v) is 27.9. The van der Waals surface area contributed by atoms with Crippen LogP contribution in [0.1, 0.15) is 130 Å². The van der Waals surface area contributed by atoms with Crippen LogP contribution in [0.15, 0.2) is 65.8 Å². The predicted octanol–water partition coefficient (Wildman–Crippen LogP) is 10.2. The first-order valence-electron chi connectivity index (χ1n) is 30.7. The molecule has 2 N–H and O–H groups in total. The maximum absolute atomic E-state index is 15.0. The Morgan fingerprint density at radius 3 is 1.46 bits per heavy atom. The van der Waals surface area contributed by atoms with Crippen molar-refractivity contribution in [1.29, 1.82) is 0 Å². The molecule has 2 aromatic carbocycles. The summed E-state index contributed by atoms with van der Waals surface area (Å²) in [5.74, 6) is -7.27. The second-order valence-electron chi connectivity index (χ2n) is 27.6. The van der Waals surface area contributed by atoms with Gasteiger partial charge in [0.2, 0.25) is 0 Å². The Kier molecular flexibility index (Phi) is 25.8. The van der Waals surface area contributed by atoms with E-state index >= 15 is 0 Å². The highest BCUT2D eigenvalue weighted by atomic mass is 35.6. The van der Waals surface area contributed by atoms with Crippen LogP contribution in [0.25, 0.3) is 10.4 Å². The lowest BCUT2D eigenvalue weighted by Crippen LogP contribution is -2.75. The van der Waals surface area contributed by atoms with E-state index < -0.39 is 179 Å². The minimum absolute atomic E-state index is 0.0260. The Morgan fingerprint density at radius 2 is 1.02 bits per heavy atom. The maximum Gasteiger partial charge on any atom is 0.349 e. The number of nitrogens with one attached hydrogen (secondary N) is 2. The van der Waals surface area contributed by atoms with E-state index in [1.165, 1.54) is 43.3 Å². The van der Waals surface area contributed by atoms with E-state index in [0.717, 1.165) is 7.11 Å². The minimum atomic E-state index is -3.66. The van der Waals surface area contributed by atoms with Crippen molar-refractivity contribution >= 4 is 128 Å². The molecule has 0 radical (unpaired) electrons. The summed E-state index contributed by atoms with van der Waals surface area (Å²) in [6.07, 6.45) is -23.4. The average molecular weight is 1490 g/mol. The van der Waals surface area contributed by atoms with Gasteiger partial charge in [-0.2, -0.15) is 0 Å². The van der Waals surface area contributed by atoms with Crippen molar-refractivity contribution in [3.8, 4) is 0 Å². The summed E-state index contributed by atoms with van der Waals surface area (Å²) in [6.45, 7) is 23.8. The Balaban J connectivity index is 1.48. The number of fused-ring (bicyclic) bond motifs is 2. The molecule has 5 saturated heterocycles. The van der Waals surface area contributed by atoms with Gasteiger partial charge in [0.25, 0.3) is 19.4 Å². The SMILES string of the molecule is COC(=O)[C@H]1O[C@@H](O[C@@H]2[C@@H](NC(=O)C(Cl)(Cl)Cl)[C@H](OCCCN=[N+]=[N-])O[C@@H]3CO[Si](C(C)(C)C)(C(C)(C)C)O[C@@H]23)[C@H](OC(=O)c2ccccc2)[C@@H](OC(=O)c2ccccc2)[C@@H]1O[C@@H]1O[C@@H]2CO[Si](C(C)(C)C)(C(C)(C)C)O[C@H]2[C@H](OC(=O)CCC(C)=O)[C@H]1NC(=O)C(Cl)(Cl)Cl. The van der Waals surface area contributed by atoms with Crippen molar-refractivity contribution in [2.75, 3.05) is 33.5 Å². The molecule has 7 rings (SSSR count). The molecular weight excluding hydrogens is 1410 g/mol. The Bertz CT molecular complexity index is 3080. The molecule has 0 aromatic heterocycles. The number of hydrogen-bond acceptors (Lipinski definition) is 22. The first kappa shape index (κ1) is 78.4. The number of ketones is 1. The predicted molar refractivity (Wildman–Crippen MR) is 350 cm³/mol. The topological polar surface area (TPSA) is 322 Å².